The number of hydrogen-bond donors (Lipinski definition) is 1. The van der Waals surface area contributed by atoms with Gasteiger partial charge in [-0.3, -0.25) is 19.9 Å². The van der Waals surface area contributed by atoms with E-state index in [1.54, 1.807) is 18.5 Å². The van der Waals surface area contributed by atoms with Crippen molar-refractivity contribution in [3.8, 4) is 10.6 Å². The fourth-order valence-corrected chi connectivity index (χ4v) is 3.06. The number of benzene rings is 1. The Hall–Kier alpha value is -3.13. The maximum atomic E-state index is 12.1. The first-order chi connectivity index (χ1) is 12.1. The Bertz CT molecular complexity index is 896. The number of non-ortho nitro benzene ring substituents is 1. The molecule has 0 spiro atoms. The number of carbonyl (C=O) groups excluding carboxylic acids is 1. The van der Waals surface area contributed by atoms with E-state index in [2.05, 4.69) is 15.3 Å². The van der Waals surface area contributed by atoms with Crippen LogP contribution in [0.3, 0.4) is 0 Å². The molecule has 0 fully saturated rings. The van der Waals surface area contributed by atoms with Crippen LogP contribution < -0.4 is 5.32 Å². The Morgan fingerprint density at radius 3 is 2.92 bits per heavy atom. The molecule has 1 N–H and O–H groups in total. The molecule has 0 radical (unpaired) electrons. The van der Waals surface area contributed by atoms with E-state index < -0.39 is 4.92 Å². The Morgan fingerprint density at radius 1 is 1.28 bits per heavy atom. The third kappa shape index (κ3) is 4.24. The van der Waals surface area contributed by atoms with Crippen LogP contribution in [-0.2, 0) is 6.42 Å². The molecule has 25 heavy (non-hydrogen) atoms. The third-order valence-corrected chi connectivity index (χ3v) is 4.39. The zero-order valence-electron chi connectivity index (χ0n) is 13.1. The number of thiazole rings is 1. The molecule has 0 atom stereocenters. The average Bonchev–Trinajstić information content (AvgIpc) is 3.11. The van der Waals surface area contributed by atoms with Gasteiger partial charge in [0.25, 0.3) is 11.6 Å². The van der Waals surface area contributed by atoms with Crippen molar-refractivity contribution < 1.29 is 9.72 Å². The number of nitrogens with one attached hydrogen (secondary N) is 1. The maximum absolute atomic E-state index is 12.1. The lowest BCUT2D eigenvalue weighted by atomic mass is 10.2. The average molecular weight is 354 g/mol. The summed E-state index contributed by atoms with van der Waals surface area (Å²) in [6, 6.07) is 9.46. The van der Waals surface area contributed by atoms with E-state index in [0.717, 1.165) is 16.3 Å². The molecule has 0 aliphatic rings. The Labute approximate surface area is 147 Å². The molecular weight excluding hydrogens is 340 g/mol. The van der Waals surface area contributed by atoms with E-state index in [9.17, 15) is 14.9 Å². The summed E-state index contributed by atoms with van der Waals surface area (Å²) in [4.78, 5) is 30.9. The van der Waals surface area contributed by atoms with Crippen molar-refractivity contribution in [3.63, 3.8) is 0 Å². The Kier molecular flexibility index (Phi) is 5.10. The van der Waals surface area contributed by atoms with Crippen LogP contribution in [0.15, 0.2) is 54.2 Å². The molecule has 1 amide bonds. The molecular formula is C17H14N4O3S. The summed E-state index contributed by atoms with van der Waals surface area (Å²) in [7, 11) is 0. The highest BCUT2D eigenvalue weighted by atomic mass is 32.1. The van der Waals surface area contributed by atoms with E-state index in [0.29, 0.717) is 13.0 Å². The molecule has 0 aliphatic carbocycles. The van der Waals surface area contributed by atoms with Gasteiger partial charge in [0.1, 0.15) is 5.01 Å². The summed E-state index contributed by atoms with van der Waals surface area (Å²) in [6.07, 6.45) is 4.05. The lowest BCUT2D eigenvalue weighted by molar-refractivity contribution is -0.384. The molecule has 3 rings (SSSR count). The lowest BCUT2D eigenvalue weighted by Gasteiger charge is -2.04. The highest BCUT2D eigenvalue weighted by Gasteiger charge is 2.11. The minimum atomic E-state index is -0.522. The first-order valence-corrected chi connectivity index (χ1v) is 8.39. The van der Waals surface area contributed by atoms with E-state index in [4.69, 9.17) is 0 Å². The molecule has 0 aliphatic heterocycles. The van der Waals surface area contributed by atoms with Crippen LogP contribution in [0.5, 0.6) is 0 Å². The minimum Gasteiger partial charge on any atom is -0.352 e. The lowest BCUT2D eigenvalue weighted by Crippen LogP contribution is -2.25. The molecule has 3 aromatic rings. The summed E-state index contributed by atoms with van der Waals surface area (Å²) in [5.41, 5.74) is 2.00. The van der Waals surface area contributed by atoms with Crippen LogP contribution in [0.2, 0.25) is 0 Å². The second-order valence-corrected chi connectivity index (χ2v) is 6.06. The summed E-state index contributed by atoms with van der Waals surface area (Å²) < 4.78 is 0. The van der Waals surface area contributed by atoms with Crippen molar-refractivity contribution in [1.82, 2.24) is 15.3 Å². The molecule has 0 unspecified atom stereocenters. The summed E-state index contributed by atoms with van der Waals surface area (Å²) in [5.74, 6) is -0.341. The van der Waals surface area contributed by atoms with Crippen LogP contribution in [0.1, 0.15) is 16.1 Å². The minimum absolute atomic E-state index is 0.103. The standard InChI is InChI=1S/C17H14N4O3S/c22-16(12-3-1-5-15(9-12)21(23)24)19-8-6-14-11-25-17(20-14)13-4-2-7-18-10-13/h1-5,7,9-11H,6,8H2,(H,19,22). The van der Waals surface area contributed by atoms with Gasteiger partial charge in [-0.1, -0.05) is 6.07 Å². The predicted octanol–water partition coefficient (Wildman–Crippen LogP) is 3.09. The number of nitro groups is 1. The Balaban J connectivity index is 1.56. The van der Waals surface area contributed by atoms with Gasteiger partial charge in [0, 0.05) is 54.0 Å². The second-order valence-electron chi connectivity index (χ2n) is 5.20. The molecule has 0 saturated heterocycles. The highest BCUT2D eigenvalue weighted by molar-refractivity contribution is 7.13. The normalized spacial score (nSPS) is 10.4. The van der Waals surface area contributed by atoms with Crippen LogP contribution in [0.4, 0.5) is 5.69 Å². The van der Waals surface area contributed by atoms with E-state index in [1.165, 1.54) is 29.5 Å². The van der Waals surface area contributed by atoms with Crippen LogP contribution in [0, 0.1) is 10.1 Å². The molecule has 2 heterocycles. The number of amides is 1. The molecule has 126 valence electrons. The van der Waals surface area contributed by atoms with Gasteiger partial charge < -0.3 is 5.32 Å². The largest absolute Gasteiger partial charge is 0.352 e. The van der Waals surface area contributed by atoms with Crippen molar-refractivity contribution in [3.05, 3.63) is 75.5 Å². The monoisotopic (exact) mass is 354 g/mol. The van der Waals surface area contributed by atoms with Crippen molar-refractivity contribution in [1.29, 1.82) is 0 Å². The van der Waals surface area contributed by atoms with Gasteiger partial charge in [0.05, 0.1) is 10.6 Å². The van der Waals surface area contributed by atoms with Crippen molar-refractivity contribution in [2.24, 2.45) is 0 Å². The van der Waals surface area contributed by atoms with Crippen molar-refractivity contribution >= 4 is 22.9 Å². The molecule has 8 heteroatoms. The maximum Gasteiger partial charge on any atom is 0.270 e. The number of nitrogens with zero attached hydrogens (tertiary/aromatic N) is 3. The SMILES string of the molecule is O=C(NCCc1csc(-c2cccnc2)n1)c1cccc([N+](=O)[O-])c1. The van der Waals surface area contributed by atoms with Crippen molar-refractivity contribution in [2.45, 2.75) is 6.42 Å². The first-order valence-electron chi connectivity index (χ1n) is 7.51. The number of rotatable bonds is 6. The molecule has 7 nitrogen and oxygen atoms in total. The number of pyridine rings is 1. The smallest absolute Gasteiger partial charge is 0.270 e. The zero-order chi connectivity index (χ0) is 17.6. The molecule has 1 aromatic carbocycles. The van der Waals surface area contributed by atoms with Crippen LogP contribution >= 0.6 is 11.3 Å². The second kappa shape index (κ2) is 7.63. The predicted molar refractivity (Wildman–Crippen MR) is 94.5 cm³/mol. The van der Waals surface area contributed by atoms with Crippen LogP contribution in [-0.4, -0.2) is 27.3 Å². The number of hydrogen-bond acceptors (Lipinski definition) is 6. The van der Waals surface area contributed by atoms with Gasteiger partial charge in [-0.25, -0.2) is 4.98 Å². The van der Waals surface area contributed by atoms with E-state index in [1.807, 2.05) is 17.5 Å². The van der Waals surface area contributed by atoms with Gasteiger partial charge in [-0.05, 0) is 18.2 Å². The topological polar surface area (TPSA) is 98.0 Å². The van der Waals surface area contributed by atoms with E-state index >= 15 is 0 Å². The zero-order valence-corrected chi connectivity index (χ0v) is 13.9. The molecule has 2 aromatic heterocycles. The molecule has 0 bridgehead atoms. The third-order valence-electron chi connectivity index (χ3n) is 3.45. The fourth-order valence-electron chi connectivity index (χ4n) is 2.21. The van der Waals surface area contributed by atoms with Crippen LogP contribution in [0.25, 0.3) is 10.6 Å². The van der Waals surface area contributed by atoms with E-state index in [-0.39, 0.29) is 17.2 Å². The summed E-state index contributed by atoms with van der Waals surface area (Å²) in [5, 5.41) is 16.3. The van der Waals surface area contributed by atoms with Gasteiger partial charge >= 0.3 is 0 Å². The summed E-state index contributed by atoms with van der Waals surface area (Å²) in [6.45, 7) is 0.401. The van der Waals surface area contributed by atoms with Gasteiger partial charge in [-0.15, -0.1) is 11.3 Å². The number of aromatic nitrogens is 2. The molecule has 0 saturated carbocycles. The van der Waals surface area contributed by atoms with Gasteiger partial charge in [0.15, 0.2) is 0 Å². The Morgan fingerprint density at radius 2 is 2.16 bits per heavy atom. The quantitative estimate of drug-likeness (QED) is 0.542. The highest BCUT2D eigenvalue weighted by Crippen LogP contribution is 2.22. The van der Waals surface area contributed by atoms with Gasteiger partial charge in [0.2, 0.25) is 0 Å². The number of carbonyl (C=O) groups is 1. The van der Waals surface area contributed by atoms with Crippen molar-refractivity contribution in [2.75, 3.05) is 6.54 Å². The summed E-state index contributed by atoms with van der Waals surface area (Å²) >= 11 is 1.52. The van der Waals surface area contributed by atoms with Gasteiger partial charge in [-0.2, -0.15) is 0 Å². The first kappa shape index (κ1) is 16.7. The number of nitro benzene ring substituents is 1. The fraction of sp³-hybridized carbons (Fsp3) is 0.118.